The average Bonchev–Trinajstić information content (AvgIpc) is 3.19. The zero-order valence-corrected chi connectivity index (χ0v) is 17.8. The predicted octanol–water partition coefficient (Wildman–Crippen LogP) is 2.74. The van der Waals surface area contributed by atoms with E-state index in [4.69, 9.17) is 9.84 Å². The Hall–Kier alpha value is -3.05. The van der Waals surface area contributed by atoms with Crippen LogP contribution in [0, 0.1) is 6.92 Å². The Kier molecular flexibility index (Phi) is 6.63. The monoisotopic (exact) mass is 412 g/mol. The lowest BCUT2D eigenvalue weighted by Crippen LogP contribution is -2.18. The van der Waals surface area contributed by atoms with E-state index >= 15 is 0 Å². The summed E-state index contributed by atoms with van der Waals surface area (Å²) in [7, 11) is 0. The Balaban J connectivity index is 2.15. The van der Waals surface area contributed by atoms with Gasteiger partial charge in [-0.1, -0.05) is 6.07 Å². The Morgan fingerprint density at radius 3 is 2.43 bits per heavy atom. The Labute approximate surface area is 174 Å². The lowest BCUT2D eigenvalue weighted by molar-refractivity contribution is -0.143. The number of rotatable bonds is 10. The van der Waals surface area contributed by atoms with Gasteiger partial charge in [0, 0.05) is 19.4 Å². The molecule has 0 aliphatic heterocycles. The normalized spacial score (nSPS) is 11.3. The van der Waals surface area contributed by atoms with E-state index in [-0.39, 0.29) is 12.4 Å². The molecule has 0 fully saturated rings. The number of aryl methyl sites for hydroxylation is 4. The van der Waals surface area contributed by atoms with Crippen molar-refractivity contribution in [2.45, 2.75) is 65.8 Å². The molecule has 3 rings (SSSR count). The number of carbonyl (C=O) groups is 2. The van der Waals surface area contributed by atoms with Crippen molar-refractivity contribution in [3.8, 4) is 0 Å². The summed E-state index contributed by atoms with van der Waals surface area (Å²) in [5.74, 6) is 1.08. The van der Waals surface area contributed by atoms with E-state index < -0.39 is 5.97 Å². The lowest BCUT2D eigenvalue weighted by Gasteiger charge is -2.09. The van der Waals surface area contributed by atoms with Gasteiger partial charge in [0.2, 0.25) is 0 Å². The Morgan fingerprint density at radius 2 is 1.80 bits per heavy atom. The minimum atomic E-state index is -0.822. The molecule has 0 aromatic carbocycles. The van der Waals surface area contributed by atoms with Crippen molar-refractivity contribution in [3.63, 3.8) is 0 Å². The van der Waals surface area contributed by atoms with Gasteiger partial charge < -0.3 is 14.4 Å². The minimum absolute atomic E-state index is 0.0884. The van der Waals surface area contributed by atoms with Crippen LogP contribution in [0.5, 0.6) is 0 Å². The highest BCUT2D eigenvalue weighted by atomic mass is 16.5. The maximum atomic E-state index is 12.0. The molecule has 160 valence electrons. The fraction of sp³-hybridized carbons (Fsp3) is 0.478. The number of hydrogen-bond acceptors (Lipinski definition) is 4. The summed E-state index contributed by atoms with van der Waals surface area (Å²) in [6.45, 7) is 6.79. The van der Waals surface area contributed by atoms with Gasteiger partial charge in [-0.3, -0.25) is 14.0 Å². The maximum Gasteiger partial charge on any atom is 0.305 e. The number of ether oxygens (including phenoxy) is 1. The molecule has 0 atom stereocenters. The summed E-state index contributed by atoms with van der Waals surface area (Å²) < 4.78 is 9.11. The van der Waals surface area contributed by atoms with Gasteiger partial charge >= 0.3 is 11.9 Å². The molecule has 3 heterocycles. The Bertz CT molecular complexity index is 1160. The van der Waals surface area contributed by atoms with Crippen molar-refractivity contribution in [3.05, 3.63) is 34.2 Å². The van der Waals surface area contributed by atoms with Gasteiger partial charge in [0.05, 0.1) is 17.6 Å². The van der Waals surface area contributed by atoms with Gasteiger partial charge in [-0.05, 0) is 69.2 Å². The molecule has 1 N–H and O–H groups in total. The van der Waals surface area contributed by atoms with E-state index in [1.165, 1.54) is 0 Å². The van der Waals surface area contributed by atoms with Crippen molar-refractivity contribution in [2.24, 2.45) is 0 Å². The molecule has 0 saturated carbocycles. The van der Waals surface area contributed by atoms with Crippen LogP contribution < -0.4 is 5.35 Å². The van der Waals surface area contributed by atoms with Crippen molar-refractivity contribution >= 4 is 34.6 Å². The predicted molar refractivity (Wildman–Crippen MR) is 113 cm³/mol. The summed E-state index contributed by atoms with van der Waals surface area (Å²) in [5, 5.41) is 9.56. The van der Waals surface area contributed by atoms with Crippen LogP contribution in [0.2, 0.25) is 0 Å². The largest absolute Gasteiger partial charge is 0.481 e. The molecule has 3 aromatic heterocycles. The number of imidazole rings is 1. The fourth-order valence-corrected chi connectivity index (χ4v) is 4.37. The number of carboxylic acids is 1. The molecule has 3 aromatic rings. The Morgan fingerprint density at radius 1 is 1.10 bits per heavy atom. The summed E-state index contributed by atoms with van der Waals surface area (Å²) in [5.41, 5.74) is 5.90. The third-order valence-electron chi connectivity index (χ3n) is 5.57. The highest BCUT2D eigenvalue weighted by Gasteiger charge is 2.23. The second-order valence-corrected chi connectivity index (χ2v) is 7.47. The lowest BCUT2D eigenvalue weighted by atomic mass is 9.99. The van der Waals surface area contributed by atoms with Crippen molar-refractivity contribution in [1.82, 2.24) is 8.97 Å². The van der Waals surface area contributed by atoms with E-state index in [1.807, 2.05) is 30.5 Å². The molecule has 0 amide bonds. The topological polar surface area (TPSA) is 90.0 Å². The summed E-state index contributed by atoms with van der Waals surface area (Å²) >= 11 is 0. The van der Waals surface area contributed by atoms with Crippen LogP contribution >= 0.6 is 0 Å². The van der Waals surface area contributed by atoms with Crippen molar-refractivity contribution in [1.29, 1.82) is 0 Å². The standard InChI is InChI=1S/C23H28N2O5/c1-4-24-19(14-26)22-17(9-7-11-21(29)30-5-2)16(8-6-10-20(27)28)18-13-12-15(3)23(24)25(18)22/h12-13H,4-11H2,1-3H3,(H,27,28). The molecule has 7 nitrogen and oxygen atoms in total. The second-order valence-electron chi connectivity index (χ2n) is 7.47. The first-order valence-corrected chi connectivity index (χ1v) is 10.5. The molecule has 30 heavy (non-hydrogen) atoms. The summed E-state index contributed by atoms with van der Waals surface area (Å²) in [6, 6.07) is 4.07. The molecule has 0 saturated heterocycles. The summed E-state index contributed by atoms with van der Waals surface area (Å²) in [4.78, 5) is 34.8. The number of carboxylic acid groups (broad SMARTS) is 1. The van der Waals surface area contributed by atoms with Crippen LogP contribution in [0.25, 0.3) is 16.7 Å². The van der Waals surface area contributed by atoms with E-state index in [2.05, 4.69) is 10.3 Å². The minimum Gasteiger partial charge on any atom is -0.481 e. The van der Waals surface area contributed by atoms with Gasteiger partial charge in [0.1, 0.15) is 5.65 Å². The first-order chi connectivity index (χ1) is 14.4. The molecular formula is C23H28N2O5. The van der Waals surface area contributed by atoms with Gasteiger partial charge in [-0.2, -0.15) is 0 Å². The molecule has 0 unspecified atom stereocenters. The van der Waals surface area contributed by atoms with Gasteiger partial charge in [-0.25, -0.2) is 4.79 Å². The van der Waals surface area contributed by atoms with Crippen LogP contribution in [-0.4, -0.2) is 38.6 Å². The SMILES string of the molecule is CCOC(=O)CCCc1c(CCCC(=O)O)c2ccc(C)c3n(CC)c(=C=O)c1n23. The zero-order chi connectivity index (χ0) is 21.8. The number of aromatic nitrogens is 2. The van der Waals surface area contributed by atoms with Crippen molar-refractivity contribution in [2.75, 3.05) is 6.61 Å². The second kappa shape index (κ2) is 9.18. The molecular weight excluding hydrogens is 384 g/mol. The third-order valence-corrected chi connectivity index (χ3v) is 5.57. The van der Waals surface area contributed by atoms with E-state index in [0.29, 0.717) is 50.6 Å². The number of hydrogen-bond donors (Lipinski definition) is 1. The number of nitrogens with zero attached hydrogens (tertiary/aromatic N) is 2. The van der Waals surface area contributed by atoms with Crippen LogP contribution in [-0.2, 0) is 38.5 Å². The van der Waals surface area contributed by atoms with E-state index in [1.54, 1.807) is 6.92 Å². The molecule has 0 aliphatic carbocycles. The molecule has 0 aliphatic rings. The average molecular weight is 412 g/mol. The van der Waals surface area contributed by atoms with Crippen molar-refractivity contribution < 1.29 is 24.2 Å². The van der Waals surface area contributed by atoms with Crippen LogP contribution in [0.3, 0.4) is 0 Å². The zero-order valence-electron chi connectivity index (χ0n) is 17.8. The van der Waals surface area contributed by atoms with Gasteiger partial charge in [0.25, 0.3) is 0 Å². The van der Waals surface area contributed by atoms with Crippen LogP contribution in [0.4, 0.5) is 0 Å². The first kappa shape index (κ1) is 21.7. The van der Waals surface area contributed by atoms with Gasteiger partial charge in [0.15, 0.2) is 11.3 Å². The molecule has 0 bridgehead atoms. The highest BCUT2D eigenvalue weighted by molar-refractivity contribution is 5.83. The first-order valence-electron chi connectivity index (χ1n) is 10.5. The van der Waals surface area contributed by atoms with Gasteiger partial charge in [-0.15, -0.1) is 0 Å². The molecule has 0 radical (unpaired) electrons. The smallest absolute Gasteiger partial charge is 0.305 e. The number of pyridine rings is 1. The third kappa shape index (κ3) is 3.85. The highest BCUT2D eigenvalue weighted by Crippen LogP contribution is 2.31. The van der Waals surface area contributed by atoms with E-state index in [0.717, 1.165) is 33.4 Å². The number of carbonyl (C=O) groups excluding carboxylic acids is 2. The number of aliphatic carboxylic acids is 1. The summed E-state index contributed by atoms with van der Waals surface area (Å²) in [6.07, 6.45) is 2.72. The number of esters is 1. The quantitative estimate of drug-likeness (QED) is 0.517. The maximum absolute atomic E-state index is 12.0. The van der Waals surface area contributed by atoms with Crippen LogP contribution in [0.15, 0.2) is 12.1 Å². The molecule has 7 heteroatoms. The fourth-order valence-electron chi connectivity index (χ4n) is 4.37. The molecule has 0 spiro atoms. The van der Waals surface area contributed by atoms with Crippen LogP contribution in [0.1, 0.15) is 56.2 Å². The van der Waals surface area contributed by atoms with E-state index in [9.17, 15) is 14.4 Å².